The molecule has 0 saturated heterocycles. The summed E-state index contributed by atoms with van der Waals surface area (Å²) in [5, 5.41) is 2.71. The number of carbonyl (C=O) groups excluding carboxylic acids is 2. The number of amides is 2. The molecule has 0 saturated carbocycles. The van der Waals surface area contributed by atoms with Crippen molar-refractivity contribution >= 4 is 17.5 Å². The quantitative estimate of drug-likeness (QED) is 0.629. The lowest BCUT2D eigenvalue weighted by molar-refractivity contribution is -0.119. The molecule has 37 heavy (non-hydrogen) atoms. The topological polar surface area (TPSA) is 80.3 Å². The molecule has 1 aliphatic heterocycles. The molecule has 0 bridgehead atoms. The average Bonchev–Trinajstić information content (AvgIpc) is 2.86. The Hall–Kier alpha value is -3.08. The number of anilines is 1. The lowest BCUT2D eigenvalue weighted by Gasteiger charge is -2.36. The molecule has 0 fully saturated rings. The summed E-state index contributed by atoms with van der Waals surface area (Å²) in [6, 6.07) is 8.08. The van der Waals surface area contributed by atoms with Crippen molar-refractivity contribution in [2.75, 3.05) is 52.9 Å². The molecule has 2 amide bonds. The Balaban J connectivity index is 1.94. The molecule has 10 heteroatoms. The summed E-state index contributed by atoms with van der Waals surface area (Å²) in [7, 11) is 4.69. The molecule has 0 aromatic heterocycles. The molecule has 3 atom stereocenters. The number of hydrogen-bond acceptors (Lipinski definition) is 6. The third kappa shape index (κ3) is 7.47. The van der Waals surface area contributed by atoms with E-state index < -0.39 is 11.6 Å². The fraction of sp³-hybridized carbons (Fsp3) is 0.481. The van der Waals surface area contributed by atoms with E-state index in [1.54, 1.807) is 37.3 Å². The highest BCUT2D eigenvalue weighted by Gasteiger charge is 2.29. The molecule has 3 rings (SSSR count). The molecule has 8 nitrogen and oxygen atoms in total. The monoisotopic (exact) mass is 519 g/mol. The zero-order chi connectivity index (χ0) is 27.1. The lowest BCUT2D eigenvalue weighted by Crippen LogP contribution is -2.46. The summed E-state index contributed by atoms with van der Waals surface area (Å²) in [4.78, 5) is 29.0. The van der Waals surface area contributed by atoms with Gasteiger partial charge in [-0.1, -0.05) is 6.92 Å². The number of benzene rings is 2. The normalized spacial score (nSPS) is 21.4. The first-order valence-electron chi connectivity index (χ1n) is 12.1. The number of fused-ring (bicyclic) bond motifs is 1. The fourth-order valence-corrected chi connectivity index (χ4v) is 4.36. The van der Waals surface area contributed by atoms with Crippen LogP contribution in [0.15, 0.2) is 36.4 Å². The summed E-state index contributed by atoms with van der Waals surface area (Å²) in [5.74, 6) is -1.29. The first kappa shape index (κ1) is 28.5. The molecule has 202 valence electrons. The Morgan fingerprint density at radius 3 is 2.59 bits per heavy atom. The van der Waals surface area contributed by atoms with Crippen LogP contribution in [0.5, 0.6) is 5.75 Å². The second-order valence-electron chi connectivity index (χ2n) is 9.45. The summed E-state index contributed by atoms with van der Waals surface area (Å²) in [6.45, 7) is 5.00. The molecule has 1 N–H and O–H groups in total. The van der Waals surface area contributed by atoms with Gasteiger partial charge in [0, 0.05) is 58.2 Å². The molecule has 0 unspecified atom stereocenters. The first-order chi connectivity index (χ1) is 17.6. The van der Waals surface area contributed by atoms with E-state index in [1.165, 1.54) is 13.2 Å². The summed E-state index contributed by atoms with van der Waals surface area (Å²) in [6.07, 6.45) is -0.311. The molecule has 0 spiro atoms. The number of nitrogens with zero attached hydrogens (tertiary/aromatic N) is 2. The summed E-state index contributed by atoms with van der Waals surface area (Å²) < 4.78 is 45.0. The van der Waals surface area contributed by atoms with Crippen molar-refractivity contribution in [2.24, 2.45) is 5.92 Å². The van der Waals surface area contributed by atoms with Crippen LogP contribution in [0.4, 0.5) is 14.5 Å². The van der Waals surface area contributed by atoms with Crippen LogP contribution in [0.2, 0.25) is 0 Å². The Labute approximate surface area is 216 Å². The van der Waals surface area contributed by atoms with E-state index in [9.17, 15) is 18.4 Å². The van der Waals surface area contributed by atoms with E-state index in [0.29, 0.717) is 24.5 Å². The van der Waals surface area contributed by atoms with Crippen LogP contribution < -0.4 is 10.1 Å². The van der Waals surface area contributed by atoms with Crippen molar-refractivity contribution in [3.05, 3.63) is 59.2 Å². The Morgan fingerprint density at radius 2 is 1.89 bits per heavy atom. The predicted molar refractivity (Wildman–Crippen MR) is 136 cm³/mol. The molecule has 2 aromatic rings. The van der Waals surface area contributed by atoms with Crippen LogP contribution in [0.1, 0.15) is 29.8 Å². The van der Waals surface area contributed by atoms with Gasteiger partial charge in [0.15, 0.2) is 0 Å². The predicted octanol–water partition coefficient (Wildman–Crippen LogP) is 3.56. The minimum atomic E-state index is -0.500. The van der Waals surface area contributed by atoms with Crippen LogP contribution >= 0.6 is 0 Å². The number of halogens is 2. The van der Waals surface area contributed by atoms with E-state index in [4.69, 9.17) is 14.2 Å². The van der Waals surface area contributed by atoms with E-state index in [0.717, 1.165) is 12.1 Å². The Bertz CT molecular complexity index is 1100. The van der Waals surface area contributed by atoms with Crippen molar-refractivity contribution in [3.63, 3.8) is 0 Å². The number of methoxy groups -OCH3 is 2. The van der Waals surface area contributed by atoms with Crippen molar-refractivity contribution < 1.29 is 32.6 Å². The molecule has 0 aliphatic carbocycles. The van der Waals surface area contributed by atoms with Crippen molar-refractivity contribution in [3.8, 4) is 5.75 Å². The van der Waals surface area contributed by atoms with Crippen LogP contribution in [-0.4, -0.2) is 81.3 Å². The number of carbonyl (C=O) groups is 2. The van der Waals surface area contributed by atoms with Gasteiger partial charge in [-0.2, -0.15) is 0 Å². The largest absolute Gasteiger partial charge is 0.491 e. The molecule has 1 heterocycles. The maximum absolute atomic E-state index is 14.5. The van der Waals surface area contributed by atoms with Crippen molar-refractivity contribution in [1.82, 2.24) is 9.80 Å². The van der Waals surface area contributed by atoms with Gasteiger partial charge >= 0.3 is 0 Å². The van der Waals surface area contributed by atoms with Gasteiger partial charge in [0.1, 0.15) is 30.6 Å². The van der Waals surface area contributed by atoms with Crippen LogP contribution in [-0.2, 0) is 20.8 Å². The highest BCUT2D eigenvalue weighted by Crippen LogP contribution is 2.27. The Morgan fingerprint density at radius 1 is 1.14 bits per heavy atom. The third-order valence-electron chi connectivity index (χ3n) is 6.51. The number of hydrogen-bond donors (Lipinski definition) is 1. The van der Waals surface area contributed by atoms with Gasteiger partial charge < -0.3 is 24.4 Å². The highest BCUT2D eigenvalue weighted by atomic mass is 19.1. The molecule has 2 aromatic carbocycles. The van der Waals surface area contributed by atoms with E-state index in [1.807, 2.05) is 18.7 Å². The maximum Gasteiger partial charge on any atom is 0.257 e. The van der Waals surface area contributed by atoms with E-state index in [-0.39, 0.29) is 60.8 Å². The number of nitrogens with one attached hydrogen (secondary N) is 1. The average molecular weight is 520 g/mol. The maximum atomic E-state index is 14.5. The van der Waals surface area contributed by atoms with Crippen LogP contribution in [0.25, 0.3) is 0 Å². The highest BCUT2D eigenvalue weighted by molar-refractivity contribution is 5.99. The van der Waals surface area contributed by atoms with Gasteiger partial charge in [-0.15, -0.1) is 0 Å². The molecular weight excluding hydrogens is 484 g/mol. The van der Waals surface area contributed by atoms with Crippen LogP contribution in [0.3, 0.4) is 0 Å². The lowest BCUT2D eigenvalue weighted by atomic mass is 10.0. The van der Waals surface area contributed by atoms with Crippen molar-refractivity contribution in [2.45, 2.75) is 32.5 Å². The van der Waals surface area contributed by atoms with Gasteiger partial charge in [0.25, 0.3) is 5.91 Å². The zero-order valence-corrected chi connectivity index (χ0v) is 21.9. The summed E-state index contributed by atoms with van der Waals surface area (Å²) in [5.41, 5.74) is 0.978. The second-order valence-corrected chi connectivity index (χ2v) is 9.45. The SMILES string of the molecule is COCC(=O)Nc1ccc2c(c1)C(=O)N(C)C[C@@H](OC)[C@H](C)CN(Cc1cc(F)ccc1F)[C@@H](C)CO2. The zero-order valence-electron chi connectivity index (χ0n) is 21.9. The minimum Gasteiger partial charge on any atom is -0.491 e. The van der Waals surface area contributed by atoms with E-state index >= 15 is 0 Å². The molecular formula is C27H35F2N3O5. The van der Waals surface area contributed by atoms with E-state index in [2.05, 4.69) is 5.32 Å². The second kappa shape index (κ2) is 12.9. The van der Waals surface area contributed by atoms with Gasteiger partial charge in [-0.25, -0.2) is 8.78 Å². The number of likely N-dealkylation sites (N-methyl/N-ethyl adjacent to an activating group) is 1. The van der Waals surface area contributed by atoms with Gasteiger partial charge in [-0.3, -0.25) is 14.5 Å². The molecule has 0 radical (unpaired) electrons. The van der Waals surface area contributed by atoms with Gasteiger partial charge in [0.05, 0.1) is 11.7 Å². The number of rotatable bonds is 6. The fourth-order valence-electron chi connectivity index (χ4n) is 4.36. The Kier molecular flexibility index (Phi) is 9.96. The van der Waals surface area contributed by atoms with Gasteiger partial charge in [-0.05, 0) is 49.2 Å². The standard InChI is InChI=1S/C27H35F2N3O5/c1-17-12-32(13-19-10-20(28)6-8-23(19)29)18(2)15-37-24-9-7-21(30-26(33)16-35-4)11-22(24)27(34)31(3)14-25(17)36-5/h6-11,17-18,25H,12-16H2,1-5H3,(H,30,33)/t17-,18+,25-/m1/s1. The summed E-state index contributed by atoms with van der Waals surface area (Å²) >= 11 is 0. The first-order valence-corrected chi connectivity index (χ1v) is 12.1. The minimum absolute atomic E-state index is 0.0436. The number of ether oxygens (including phenoxy) is 3. The van der Waals surface area contributed by atoms with Gasteiger partial charge in [0.2, 0.25) is 5.91 Å². The van der Waals surface area contributed by atoms with Crippen molar-refractivity contribution in [1.29, 1.82) is 0 Å². The molecule has 1 aliphatic rings. The van der Waals surface area contributed by atoms with Crippen LogP contribution in [0, 0.1) is 17.6 Å². The third-order valence-corrected chi connectivity index (χ3v) is 6.51. The smallest absolute Gasteiger partial charge is 0.257 e.